The molecule has 5 nitrogen and oxygen atoms in total. The van der Waals surface area contributed by atoms with Crippen molar-refractivity contribution in [3.8, 4) is 5.75 Å². The molecule has 3 amide bonds. The van der Waals surface area contributed by atoms with Crippen molar-refractivity contribution in [2.24, 2.45) is 0 Å². The Balaban J connectivity index is 1.69. The van der Waals surface area contributed by atoms with E-state index in [1.165, 1.54) is 19.2 Å². The number of fused-ring (bicyclic) bond motifs is 1. The summed E-state index contributed by atoms with van der Waals surface area (Å²) >= 11 is 0. The maximum Gasteiger partial charge on any atom is 0.325 e. The van der Waals surface area contributed by atoms with Gasteiger partial charge in [-0.05, 0) is 41.0 Å². The highest BCUT2D eigenvalue weighted by Crippen LogP contribution is 2.34. The minimum atomic E-state index is -1.19. The number of carbonyl (C=O) groups excluding carboxylic acids is 2. The zero-order chi connectivity index (χ0) is 19.9. The lowest BCUT2D eigenvalue weighted by atomic mass is 9.88. The summed E-state index contributed by atoms with van der Waals surface area (Å²) < 4.78 is 18.9. The van der Waals surface area contributed by atoms with Crippen LogP contribution >= 0.6 is 0 Å². The van der Waals surface area contributed by atoms with Gasteiger partial charge in [0.1, 0.15) is 5.54 Å². The van der Waals surface area contributed by atoms with Crippen LogP contribution in [0.5, 0.6) is 5.75 Å². The molecular formula is C22H19FN2O3. The Hall–Kier alpha value is -3.41. The van der Waals surface area contributed by atoms with Crippen molar-refractivity contribution in [3.05, 3.63) is 77.6 Å². The van der Waals surface area contributed by atoms with Crippen molar-refractivity contribution in [2.75, 3.05) is 7.11 Å². The van der Waals surface area contributed by atoms with Gasteiger partial charge in [0.25, 0.3) is 5.91 Å². The van der Waals surface area contributed by atoms with E-state index >= 15 is 0 Å². The molecule has 1 saturated heterocycles. The number of methoxy groups -OCH3 is 1. The minimum absolute atomic E-state index is 0.0219. The van der Waals surface area contributed by atoms with Crippen LogP contribution in [0.2, 0.25) is 0 Å². The molecule has 0 bridgehead atoms. The van der Waals surface area contributed by atoms with Crippen LogP contribution in [-0.2, 0) is 16.9 Å². The molecule has 0 radical (unpaired) electrons. The second kappa shape index (κ2) is 6.64. The van der Waals surface area contributed by atoms with Gasteiger partial charge in [-0.2, -0.15) is 0 Å². The number of carbonyl (C=O) groups is 2. The number of halogens is 1. The average Bonchev–Trinajstić information content (AvgIpc) is 2.91. The number of amides is 3. The largest absolute Gasteiger partial charge is 0.494 e. The number of nitrogens with zero attached hydrogens (tertiary/aromatic N) is 1. The van der Waals surface area contributed by atoms with Gasteiger partial charge in [-0.1, -0.05) is 48.5 Å². The molecule has 1 atom stereocenters. The van der Waals surface area contributed by atoms with Crippen molar-refractivity contribution in [3.63, 3.8) is 0 Å². The van der Waals surface area contributed by atoms with E-state index in [1.54, 1.807) is 13.0 Å². The Kier molecular flexibility index (Phi) is 4.26. The van der Waals surface area contributed by atoms with E-state index in [0.29, 0.717) is 5.56 Å². The predicted octanol–water partition coefficient (Wildman–Crippen LogP) is 3.95. The Morgan fingerprint density at radius 2 is 1.82 bits per heavy atom. The number of rotatable bonds is 4. The first-order valence-corrected chi connectivity index (χ1v) is 8.89. The summed E-state index contributed by atoms with van der Waals surface area (Å²) in [6, 6.07) is 17.3. The number of nitrogens with one attached hydrogen (secondary N) is 1. The molecule has 1 fully saturated rings. The number of imide groups is 1. The van der Waals surface area contributed by atoms with Crippen LogP contribution in [0, 0.1) is 5.82 Å². The third-order valence-electron chi connectivity index (χ3n) is 5.16. The van der Waals surface area contributed by atoms with Gasteiger partial charge in [0.15, 0.2) is 11.6 Å². The SMILES string of the molecule is COc1ccc(CN2C(=O)N[C@](C)(c3cccc4ccccc34)C2=O)cc1F. The third-order valence-corrected chi connectivity index (χ3v) is 5.16. The molecule has 28 heavy (non-hydrogen) atoms. The van der Waals surface area contributed by atoms with Crippen molar-refractivity contribution < 1.29 is 18.7 Å². The minimum Gasteiger partial charge on any atom is -0.494 e. The van der Waals surface area contributed by atoms with Crippen LogP contribution in [0.25, 0.3) is 10.8 Å². The summed E-state index contributed by atoms with van der Waals surface area (Å²) in [5, 5.41) is 4.70. The van der Waals surface area contributed by atoms with E-state index in [9.17, 15) is 14.0 Å². The third kappa shape index (κ3) is 2.78. The second-order valence-electron chi connectivity index (χ2n) is 6.94. The quantitative estimate of drug-likeness (QED) is 0.700. The van der Waals surface area contributed by atoms with Gasteiger partial charge in [-0.15, -0.1) is 0 Å². The highest BCUT2D eigenvalue weighted by atomic mass is 19.1. The molecule has 4 rings (SSSR count). The fourth-order valence-electron chi connectivity index (χ4n) is 3.68. The molecule has 1 heterocycles. The number of benzene rings is 3. The summed E-state index contributed by atoms with van der Waals surface area (Å²) in [6.45, 7) is 1.68. The highest BCUT2D eigenvalue weighted by Gasteiger charge is 2.49. The number of urea groups is 1. The van der Waals surface area contributed by atoms with Gasteiger partial charge in [0.2, 0.25) is 0 Å². The lowest BCUT2D eigenvalue weighted by Crippen LogP contribution is -2.41. The van der Waals surface area contributed by atoms with Crippen molar-refractivity contribution in [2.45, 2.75) is 19.0 Å². The molecule has 0 aromatic heterocycles. The topological polar surface area (TPSA) is 58.6 Å². The maximum absolute atomic E-state index is 14.0. The van der Waals surface area contributed by atoms with Crippen LogP contribution in [0.3, 0.4) is 0 Å². The van der Waals surface area contributed by atoms with Gasteiger partial charge >= 0.3 is 6.03 Å². The first-order valence-electron chi connectivity index (χ1n) is 8.89. The molecule has 1 aliphatic rings. The van der Waals surface area contributed by atoms with Crippen LogP contribution in [0.15, 0.2) is 60.7 Å². The van der Waals surface area contributed by atoms with E-state index in [0.717, 1.165) is 21.2 Å². The highest BCUT2D eigenvalue weighted by molar-refractivity contribution is 6.09. The van der Waals surface area contributed by atoms with E-state index in [4.69, 9.17) is 4.74 Å². The van der Waals surface area contributed by atoms with Gasteiger partial charge in [0.05, 0.1) is 13.7 Å². The van der Waals surface area contributed by atoms with Gasteiger partial charge < -0.3 is 10.1 Å². The fraction of sp³-hybridized carbons (Fsp3) is 0.182. The zero-order valence-corrected chi connectivity index (χ0v) is 15.5. The Labute approximate surface area is 161 Å². The fourth-order valence-corrected chi connectivity index (χ4v) is 3.68. The molecule has 3 aromatic carbocycles. The Morgan fingerprint density at radius 1 is 1.07 bits per heavy atom. The summed E-state index contributed by atoms with van der Waals surface area (Å²) in [7, 11) is 1.38. The second-order valence-corrected chi connectivity index (χ2v) is 6.94. The Bertz CT molecular complexity index is 1090. The van der Waals surface area contributed by atoms with Crippen molar-refractivity contribution in [1.29, 1.82) is 0 Å². The monoisotopic (exact) mass is 378 g/mol. The zero-order valence-electron chi connectivity index (χ0n) is 15.5. The van der Waals surface area contributed by atoms with Crippen LogP contribution in [0.4, 0.5) is 9.18 Å². The van der Waals surface area contributed by atoms with Crippen molar-refractivity contribution >= 4 is 22.7 Å². The molecule has 3 aromatic rings. The molecule has 1 aliphatic heterocycles. The number of ether oxygens (including phenoxy) is 1. The smallest absolute Gasteiger partial charge is 0.325 e. The number of hydrogen-bond acceptors (Lipinski definition) is 3. The van der Waals surface area contributed by atoms with Gasteiger partial charge in [-0.25, -0.2) is 9.18 Å². The summed E-state index contributed by atoms with van der Waals surface area (Å²) in [5.74, 6) is -0.796. The van der Waals surface area contributed by atoms with Crippen molar-refractivity contribution in [1.82, 2.24) is 10.2 Å². The first-order chi connectivity index (χ1) is 13.4. The normalized spacial score (nSPS) is 19.2. The van der Waals surface area contributed by atoms with Gasteiger partial charge in [0, 0.05) is 0 Å². The van der Waals surface area contributed by atoms with Crippen LogP contribution in [-0.4, -0.2) is 23.9 Å². The predicted molar refractivity (Wildman–Crippen MR) is 103 cm³/mol. The molecular weight excluding hydrogens is 359 g/mol. The molecule has 0 aliphatic carbocycles. The Morgan fingerprint density at radius 3 is 2.57 bits per heavy atom. The number of hydrogen-bond donors (Lipinski definition) is 1. The molecule has 142 valence electrons. The van der Waals surface area contributed by atoms with E-state index in [1.807, 2.05) is 42.5 Å². The molecule has 0 spiro atoms. The lowest BCUT2D eigenvalue weighted by molar-refractivity contribution is -0.131. The summed E-state index contributed by atoms with van der Waals surface area (Å²) in [6.07, 6.45) is 0. The van der Waals surface area contributed by atoms with Crippen LogP contribution < -0.4 is 10.1 Å². The maximum atomic E-state index is 14.0. The standard InChI is InChI=1S/C22H19FN2O3/c1-22(17-9-5-7-15-6-3-4-8-16(15)17)20(26)25(21(27)24-22)13-14-10-11-19(28-2)18(23)12-14/h3-12H,13H2,1-2H3,(H,24,27)/t22-/m1/s1. The van der Waals surface area contributed by atoms with Crippen LogP contribution in [0.1, 0.15) is 18.1 Å². The molecule has 0 unspecified atom stereocenters. The van der Waals surface area contributed by atoms with E-state index < -0.39 is 17.4 Å². The molecule has 1 N–H and O–H groups in total. The molecule has 6 heteroatoms. The summed E-state index contributed by atoms with van der Waals surface area (Å²) in [5.41, 5.74) is 0.0412. The summed E-state index contributed by atoms with van der Waals surface area (Å²) in [4.78, 5) is 26.9. The average molecular weight is 378 g/mol. The first kappa shape index (κ1) is 18.0. The lowest BCUT2D eigenvalue weighted by Gasteiger charge is -2.24. The van der Waals surface area contributed by atoms with E-state index in [2.05, 4.69) is 5.32 Å². The molecule has 0 saturated carbocycles. The van der Waals surface area contributed by atoms with Gasteiger partial charge in [-0.3, -0.25) is 9.69 Å². The van der Waals surface area contributed by atoms with E-state index in [-0.39, 0.29) is 18.2 Å².